The molecule has 3 heteroatoms. The van der Waals surface area contributed by atoms with E-state index in [1.54, 1.807) is 0 Å². The van der Waals surface area contributed by atoms with Crippen LogP contribution in [0.5, 0.6) is 0 Å². The number of hydrogen-bond donors (Lipinski definition) is 3. The Morgan fingerprint density at radius 3 is 1.73 bits per heavy atom. The first kappa shape index (κ1) is 25.5. The van der Waals surface area contributed by atoms with Gasteiger partial charge in [0.1, 0.15) is 0 Å². The average Bonchev–Trinajstić information content (AvgIpc) is 2.64. The summed E-state index contributed by atoms with van der Waals surface area (Å²) in [6.45, 7) is 3.18. The topological polar surface area (TPSA) is 58.3 Å². The summed E-state index contributed by atoms with van der Waals surface area (Å²) in [4.78, 5) is 0. The molecule has 156 valence electrons. The lowest BCUT2D eigenvalue weighted by Gasteiger charge is -2.14. The van der Waals surface area contributed by atoms with E-state index in [0.717, 1.165) is 19.3 Å². The molecule has 1 unspecified atom stereocenters. The van der Waals surface area contributed by atoms with Crippen LogP contribution in [0.1, 0.15) is 116 Å². The SMILES string of the molecule is CCCCCCCCCCCCCCCCC=CNC(CCN)CCO. The van der Waals surface area contributed by atoms with Crippen LogP contribution in [0.2, 0.25) is 0 Å². The van der Waals surface area contributed by atoms with Crippen molar-refractivity contribution in [1.29, 1.82) is 0 Å². The second-order valence-corrected chi connectivity index (χ2v) is 7.74. The zero-order valence-corrected chi connectivity index (χ0v) is 17.7. The lowest BCUT2D eigenvalue weighted by Crippen LogP contribution is -2.28. The number of aliphatic hydroxyl groups excluding tert-OH is 1. The maximum atomic E-state index is 9.00. The van der Waals surface area contributed by atoms with Crippen molar-refractivity contribution in [3.05, 3.63) is 12.3 Å². The van der Waals surface area contributed by atoms with Crippen molar-refractivity contribution in [3.8, 4) is 0 Å². The lowest BCUT2D eigenvalue weighted by molar-refractivity contribution is 0.267. The Kier molecular flexibility index (Phi) is 22.0. The number of allylic oxidation sites excluding steroid dienone is 1. The van der Waals surface area contributed by atoms with Crippen LogP contribution in [0.15, 0.2) is 12.3 Å². The van der Waals surface area contributed by atoms with Crippen LogP contribution in [0.25, 0.3) is 0 Å². The smallest absolute Gasteiger partial charge is 0.0450 e. The van der Waals surface area contributed by atoms with Crippen LogP contribution in [-0.4, -0.2) is 24.3 Å². The van der Waals surface area contributed by atoms with Gasteiger partial charge in [0, 0.05) is 12.6 Å². The molecule has 0 aliphatic rings. The van der Waals surface area contributed by atoms with Crippen molar-refractivity contribution in [2.24, 2.45) is 5.73 Å². The van der Waals surface area contributed by atoms with E-state index in [-0.39, 0.29) is 6.61 Å². The van der Waals surface area contributed by atoms with Crippen molar-refractivity contribution in [3.63, 3.8) is 0 Å². The predicted molar refractivity (Wildman–Crippen MR) is 116 cm³/mol. The molecule has 3 nitrogen and oxygen atoms in total. The van der Waals surface area contributed by atoms with Gasteiger partial charge in [-0.2, -0.15) is 0 Å². The molecule has 1 atom stereocenters. The third-order valence-electron chi connectivity index (χ3n) is 5.17. The highest BCUT2D eigenvalue weighted by Gasteiger charge is 2.02. The van der Waals surface area contributed by atoms with E-state index in [1.807, 2.05) is 0 Å². The zero-order valence-electron chi connectivity index (χ0n) is 17.7. The van der Waals surface area contributed by atoms with Crippen molar-refractivity contribution < 1.29 is 5.11 Å². The van der Waals surface area contributed by atoms with Gasteiger partial charge in [0.2, 0.25) is 0 Å². The van der Waals surface area contributed by atoms with Crippen LogP contribution >= 0.6 is 0 Å². The van der Waals surface area contributed by atoms with Crippen LogP contribution in [0.3, 0.4) is 0 Å². The Morgan fingerprint density at radius 2 is 1.27 bits per heavy atom. The highest BCUT2D eigenvalue weighted by Crippen LogP contribution is 2.13. The van der Waals surface area contributed by atoms with Gasteiger partial charge < -0.3 is 16.2 Å². The van der Waals surface area contributed by atoms with E-state index in [1.165, 1.54) is 89.9 Å². The highest BCUT2D eigenvalue weighted by molar-refractivity contribution is 4.83. The standard InChI is InChI=1S/C23H48N2O/c1-2-3-4-5-6-7-8-9-10-11-12-13-14-15-16-17-21-25-23(18-20-24)19-22-26/h17,21,23,25-26H,2-16,18-20,22,24H2,1H3. The molecule has 0 aliphatic carbocycles. The minimum absolute atomic E-state index is 0.227. The molecule has 0 spiro atoms. The molecule has 0 radical (unpaired) electrons. The zero-order chi connectivity index (χ0) is 19.1. The summed E-state index contributed by atoms with van der Waals surface area (Å²) in [7, 11) is 0. The molecular formula is C23H48N2O. The highest BCUT2D eigenvalue weighted by atomic mass is 16.3. The van der Waals surface area contributed by atoms with Gasteiger partial charge in [0.15, 0.2) is 0 Å². The van der Waals surface area contributed by atoms with Crippen molar-refractivity contribution >= 4 is 0 Å². The Morgan fingerprint density at radius 1 is 0.769 bits per heavy atom. The van der Waals surface area contributed by atoms with Crippen molar-refractivity contribution in [2.45, 2.75) is 122 Å². The molecule has 0 saturated heterocycles. The van der Waals surface area contributed by atoms with Crippen molar-refractivity contribution in [2.75, 3.05) is 13.2 Å². The second kappa shape index (κ2) is 22.5. The average molecular weight is 369 g/mol. The Hall–Kier alpha value is -0.540. The van der Waals surface area contributed by atoms with Gasteiger partial charge in [0.25, 0.3) is 0 Å². The normalized spacial score (nSPS) is 12.7. The van der Waals surface area contributed by atoms with Gasteiger partial charge in [-0.1, -0.05) is 96.5 Å². The maximum absolute atomic E-state index is 9.00. The van der Waals surface area contributed by atoms with E-state index in [2.05, 4.69) is 24.5 Å². The fourth-order valence-electron chi connectivity index (χ4n) is 3.41. The summed E-state index contributed by atoms with van der Waals surface area (Å²) in [5, 5.41) is 12.4. The fraction of sp³-hybridized carbons (Fsp3) is 0.913. The van der Waals surface area contributed by atoms with Crippen molar-refractivity contribution in [1.82, 2.24) is 5.32 Å². The first-order valence-corrected chi connectivity index (χ1v) is 11.6. The van der Waals surface area contributed by atoms with Gasteiger partial charge in [0.05, 0.1) is 0 Å². The van der Waals surface area contributed by atoms with E-state index in [4.69, 9.17) is 10.8 Å². The third kappa shape index (κ3) is 19.8. The summed E-state index contributed by atoms with van der Waals surface area (Å²) in [6, 6.07) is 0.317. The van der Waals surface area contributed by atoms with Gasteiger partial charge >= 0.3 is 0 Å². The Bertz CT molecular complexity index is 275. The number of aliphatic hydroxyl groups is 1. The number of nitrogens with one attached hydrogen (secondary N) is 1. The summed E-state index contributed by atoms with van der Waals surface area (Å²) < 4.78 is 0. The monoisotopic (exact) mass is 368 g/mol. The second-order valence-electron chi connectivity index (χ2n) is 7.74. The van der Waals surface area contributed by atoms with Crippen LogP contribution in [0, 0.1) is 0 Å². The molecule has 4 N–H and O–H groups in total. The molecule has 26 heavy (non-hydrogen) atoms. The third-order valence-corrected chi connectivity index (χ3v) is 5.17. The van der Waals surface area contributed by atoms with Gasteiger partial charge in [-0.15, -0.1) is 0 Å². The predicted octanol–water partition coefficient (Wildman–Crippen LogP) is 6.06. The van der Waals surface area contributed by atoms with E-state index >= 15 is 0 Å². The summed E-state index contributed by atoms with van der Waals surface area (Å²) in [6.07, 6.45) is 26.9. The number of nitrogens with two attached hydrogens (primary N) is 1. The lowest BCUT2D eigenvalue weighted by atomic mass is 10.0. The Labute approximate surface area is 164 Å². The Balaban J connectivity index is 3.22. The largest absolute Gasteiger partial charge is 0.396 e. The molecule has 0 fully saturated rings. The molecule has 0 aliphatic heterocycles. The molecule has 0 bridgehead atoms. The fourth-order valence-corrected chi connectivity index (χ4v) is 3.41. The molecule has 0 aromatic rings. The van der Waals surface area contributed by atoms with Gasteiger partial charge in [-0.05, 0) is 38.4 Å². The molecule has 0 amide bonds. The van der Waals surface area contributed by atoms with Crippen LogP contribution in [-0.2, 0) is 0 Å². The van der Waals surface area contributed by atoms with E-state index in [0.29, 0.717) is 12.6 Å². The molecule has 0 rings (SSSR count). The number of rotatable bonds is 21. The first-order chi connectivity index (χ1) is 12.8. The molecule has 0 saturated carbocycles. The van der Waals surface area contributed by atoms with Gasteiger partial charge in [-0.3, -0.25) is 0 Å². The number of unbranched alkanes of at least 4 members (excludes halogenated alkanes) is 14. The minimum atomic E-state index is 0.227. The summed E-state index contributed by atoms with van der Waals surface area (Å²) in [5.74, 6) is 0. The first-order valence-electron chi connectivity index (χ1n) is 11.6. The molecule has 0 aromatic carbocycles. The molecule has 0 heterocycles. The molecule has 0 aromatic heterocycles. The minimum Gasteiger partial charge on any atom is -0.396 e. The van der Waals surface area contributed by atoms with E-state index < -0.39 is 0 Å². The summed E-state index contributed by atoms with van der Waals surface area (Å²) >= 11 is 0. The quantitative estimate of drug-likeness (QED) is 0.216. The maximum Gasteiger partial charge on any atom is 0.0450 e. The molecular weight excluding hydrogens is 320 g/mol. The number of hydrogen-bond acceptors (Lipinski definition) is 3. The van der Waals surface area contributed by atoms with Gasteiger partial charge in [-0.25, -0.2) is 0 Å². The summed E-state index contributed by atoms with van der Waals surface area (Å²) in [5.41, 5.74) is 5.58. The van der Waals surface area contributed by atoms with Crippen LogP contribution in [0.4, 0.5) is 0 Å². The van der Waals surface area contributed by atoms with E-state index in [9.17, 15) is 0 Å². The van der Waals surface area contributed by atoms with Crippen LogP contribution < -0.4 is 11.1 Å².